The van der Waals surface area contributed by atoms with Gasteiger partial charge in [-0.1, -0.05) is 0 Å². The zero-order chi connectivity index (χ0) is 28.9. The van der Waals surface area contributed by atoms with Crippen molar-refractivity contribution in [2.24, 2.45) is 5.92 Å². The topological polar surface area (TPSA) is 0 Å². The van der Waals surface area contributed by atoms with Crippen LogP contribution in [0.5, 0.6) is 0 Å². The molecule has 1 aromatic heterocycles. The van der Waals surface area contributed by atoms with Crippen molar-refractivity contribution in [1.82, 2.24) is 0 Å². The fraction of sp³-hybridized carbons (Fsp3) is 0.308. The third-order valence-electron chi connectivity index (χ3n) is 8.90. The Morgan fingerprint density at radius 1 is 0.767 bits per heavy atom. The van der Waals surface area contributed by atoms with Gasteiger partial charge in [0.25, 0.3) is 0 Å². The van der Waals surface area contributed by atoms with Crippen LogP contribution >= 0.6 is 11.3 Å². The maximum Gasteiger partial charge on any atom is -1.00 e. The summed E-state index contributed by atoms with van der Waals surface area (Å²) in [4.78, 5) is 0. The van der Waals surface area contributed by atoms with Crippen LogP contribution in [0.4, 0.5) is 0 Å². The first-order valence-corrected chi connectivity index (χ1v) is 20.0. The second-order valence-electron chi connectivity index (χ2n) is 13.9. The summed E-state index contributed by atoms with van der Waals surface area (Å²) in [6, 6.07) is 28.3. The Bertz CT molecular complexity index is 1620. The molecule has 3 aromatic carbocycles. The zero-order valence-electron chi connectivity index (χ0n) is 26.3. The summed E-state index contributed by atoms with van der Waals surface area (Å²) in [6.07, 6.45) is 5.95. The Hall–Kier alpha value is -1.83. The van der Waals surface area contributed by atoms with Crippen molar-refractivity contribution in [3.63, 3.8) is 0 Å². The standard InChI is InChI=1S/C21H25.C10H9S.C8H8.2ClH.Zr/c1-20(2,3)16-7-9-18-14(12-16)11-15-13-17(21(4,5)6)8-10-19(15)18;1-8-2-3-9(6-8)10-4-5-11-7-10;1-2-8-6-4-3-5-7-8;;;/h7-13H,1-6H3;2-5,7-8H,1H3;1,3-7H,2H2;2*1H;/q;;;;;+2/p-2. The average Bonchev–Trinajstić information content (AvgIpc) is 3.67. The van der Waals surface area contributed by atoms with Gasteiger partial charge in [-0.15, -0.1) is 0 Å². The molecule has 0 radical (unpaired) electrons. The normalized spacial score (nSPS) is 16.1. The summed E-state index contributed by atoms with van der Waals surface area (Å²) in [5.74, 6) is 0.482. The fourth-order valence-electron chi connectivity index (χ4n) is 6.51. The van der Waals surface area contributed by atoms with E-state index in [2.05, 4.69) is 148 Å². The van der Waals surface area contributed by atoms with Gasteiger partial charge in [0, 0.05) is 0 Å². The van der Waals surface area contributed by atoms with Crippen LogP contribution in [0.1, 0.15) is 85.5 Å². The molecule has 222 valence electrons. The predicted molar refractivity (Wildman–Crippen MR) is 177 cm³/mol. The number of benzene rings is 3. The SMILES string of the molecule is CC1C=CC(c2ccsc2)=[C]1/[Zr+2](=[CH]/Cc1ccccc1)[CH]1c2cc(C(C)(C)C)ccc2-c2ccc(C(C)(C)C)cc21.[Cl-].[Cl-]. The van der Waals surface area contributed by atoms with Crippen LogP contribution in [0.25, 0.3) is 16.7 Å². The molecule has 0 N–H and O–H groups in total. The summed E-state index contributed by atoms with van der Waals surface area (Å²) >= 11 is -0.703. The van der Waals surface area contributed by atoms with Crippen molar-refractivity contribution < 1.29 is 46.1 Å². The van der Waals surface area contributed by atoms with Crippen LogP contribution in [0.2, 0.25) is 0 Å². The maximum atomic E-state index is 2.83. The van der Waals surface area contributed by atoms with Gasteiger partial charge in [0.05, 0.1) is 0 Å². The number of rotatable bonds is 5. The van der Waals surface area contributed by atoms with Crippen LogP contribution in [-0.2, 0) is 38.5 Å². The van der Waals surface area contributed by atoms with E-state index in [1.54, 1.807) is 14.4 Å². The van der Waals surface area contributed by atoms with Gasteiger partial charge in [-0.2, -0.15) is 0 Å². The molecule has 1 unspecified atom stereocenters. The second-order valence-corrected chi connectivity index (χ2v) is 20.6. The molecule has 43 heavy (non-hydrogen) atoms. The predicted octanol–water partition coefficient (Wildman–Crippen LogP) is 4.70. The smallest absolute Gasteiger partial charge is 1.00 e. The van der Waals surface area contributed by atoms with E-state index in [0.29, 0.717) is 9.54 Å². The average molecular weight is 705 g/mol. The van der Waals surface area contributed by atoms with Gasteiger partial charge in [0.2, 0.25) is 0 Å². The quantitative estimate of drug-likeness (QED) is 0.283. The molecule has 1 atom stereocenters. The van der Waals surface area contributed by atoms with E-state index < -0.39 is 21.3 Å². The monoisotopic (exact) mass is 702 g/mol. The first-order valence-electron chi connectivity index (χ1n) is 15.0. The van der Waals surface area contributed by atoms with Crippen LogP contribution in [-0.4, -0.2) is 3.71 Å². The van der Waals surface area contributed by atoms with Gasteiger partial charge >= 0.3 is 261 Å². The van der Waals surface area contributed by atoms with Gasteiger partial charge in [0.15, 0.2) is 0 Å². The Labute approximate surface area is 283 Å². The number of hydrogen-bond donors (Lipinski definition) is 0. The molecule has 0 aliphatic heterocycles. The third-order valence-corrected chi connectivity index (χ3v) is 17.5. The van der Waals surface area contributed by atoms with Crippen molar-refractivity contribution >= 4 is 20.6 Å². The van der Waals surface area contributed by atoms with Crippen LogP contribution in [0.15, 0.2) is 99.0 Å². The molecule has 1 heterocycles. The van der Waals surface area contributed by atoms with E-state index in [0.717, 1.165) is 6.42 Å². The van der Waals surface area contributed by atoms with Gasteiger partial charge in [0.1, 0.15) is 0 Å². The van der Waals surface area contributed by atoms with E-state index in [1.165, 1.54) is 39.0 Å². The fourth-order valence-corrected chi connectivity index (χ4v) is 15.8. The minimum Gasteiger partial charge on any atom is -1.00 e. The number of thiophene rings is 1. The first-order chi connectivity index (χ1) is 19.5. The second kappa shape index (κ2) is 13.3. The Morgan fingerprint density at radius 3 is 1.86 bits per heavy atom. The van der Waals surface area contributed by atoms with Crippen LogP contribution < -0.4 is 24.8 Å². The minimum absolute atomic E-state index is 0. The van der Waals surface area contributed by atoms with Crippen molar-refractivity contribution in [3.05, 3.63) is 132 Å². The molecular weight excluding hydrogens is 663 g/mol. The molecule has 0 bridgehead atoms. The van der Waals surface area contributed by atoms with Crippen molar-refractivity contribution in [2.45, 2.75) is 69.3 Å². The van der Waals surface area contributed by atoms with Gasteiger partial charge < -0.3 is 24.8 Å². The molecule has 0 spiro atoms. The molecule has 0 fully saturated rings. The van der Waals surface area contributed by atoms with E-state index in [9.17, 15) is 0 Å². The third kappa shape index (κ3) is 6.74. The maximum absolute atomic E-state index is 2.83. The van der Waals surface area contributed by atoms with Crippen LogP contribution in [0.3, 0.4) is 0 Å². The van der Waals surface area contributed by atoms with Gasteiger partial charge in [-0.3, -0.25) is 0 Å². The molecule has 0 saturated heterocycles. The summed E-state index contributed by atoms with van der Waals surface area (Å²) in [7, 11) is 0. The van der Waals surface area contributed by atoms with E-state index in [4.69, 9.17) is 0 Å². The number of halogens is 2. The summed E-state index contributed by atoms with van der Waals surface area (Å²) in [5, 5.41) is 4.58. The molecule has 6 rings (SSSR count). The summed E-state index contributed by atoms with van der Waals surface area (Å²) in [5.41, 5.74) is 13.5. The Morgan fingerprint density at radius 2 is 1.35 bits per heavy atom. The Balaban J connectivity index is 0.00000212. The molecule has 0 nitrogen and oxygen atoms in total. The van der Waals surface area contributed by atoms with E-state index in [-0.39, 0.29) is 35.6 Å². The molecule has 2 aliphatic rings. The summed E-state index contributed by atoms with van der Waals surface area (Å²) in [6.45, 7) is 16.6. The minimum atomic E-state index is -2.52. The molecule has 0 amide bonds. The molecule has 4 aromatic rings. The van der Waals surface area contributed by atoms with Gasteiger partial charge in [-0.25, -0.2) is 0 Å². The molecule has 4 heteroatoms. The zero-order valence-corrected chi connectivity index (χ0v) is 31.1. The molecule has 0 saturated carbocycles. The van der Waals surface area contributed by atoms with Gasteiger partial charge in [-0.05, 0) is 0 Å². The Kier molecular flexibility index (Phi) is 10.5. The largest absolute Gasteiger partial charge is 1.00 e. The molecular formula is C39H42Cl2SZr. The van der Waals surface area contributed by atoms with Crippen molar-refractivity contribution in [3.8, 4) is 11.1 Å². The number of hydrogen-bond acceptors (Lipinski definition) is 1. The van der Waals surface area contributed by atoms with E-state index in [1.807, 2.05) is 11.3 Å². The van der Waals surface area contributed by atoms with E-state index >= 15 is 0 Å². The number of fused-ring (bicyclic) bond motifs is 3. The van der Waals surface area contributed by atoms with Crippen molar-refractivity contribution in [2.75, 3.05) is 0 Å². The molecule has 2 aliphatic carbocycles. The van der Waals surface area contributed by atoms with Crippen molar-refractivity contribution in [1.29, 1.82) is 0 Å². The summed E-state index contributed by atoms with van der Waals surface area (Å²) < 4.78 is 5.06. The van der Waals surface area contributed by atoms with Crippen LogP contribution in [0, 0.1) is 5.92 Å². The first kappa shape index (κ1) is 34.1. The number of allylic oxidation sites excluding steroid dienone is 4.